The molecule has 0 atom stereocenters. The summed E-state index contributed by atoms with van der Waals surface area (Å²) < 4.78 is 5.54. The van der Waals surface area contributed by atoms with Crippen molar-refractivity contribution in [1.82, 2.24) is 10.6 Å². The molecule has 0 saturated heterocycles. The molecule has 5 nitrogen and oxygen atoms in total. The van der Waals surface area contributed by atoms with Crippen molar-refractivity contribution >= 4 is 23.4 Å². The lowest BCUT2D eigenvalue weighted by Gasteiger charge is -2.28. The number of hydrogen-bond acceptors (Lipinski definition) is 3. The van der Waals surface area contributed by atoms with Crippen LogP contribution in [0, 0.1) is 0 Å². The van der Waals surface area contributed by atoms with Gasteiger partial charge in [0.15, 0.2) is 6.61 Å². The van der Waals surface area contributed by atoms with Crippen LogP contribution in [0.1, 0.15) is 49.7 Å². The number of hydrogen-bond donors (Lipinski definition) is 2. The molecule has 4 rings (SSSR count). The Bertz CT molecular complexity index is 919. The van der Waals surface area contributed by atoms with Gasteiger partial charge in [0.1, 0.15) is 5.75 Å². The molecule has 6 heteroatoms. The normalized spacial score (nSPS) is 17.2. The predicted octanol–water partition coefficient (Wildman–Crippen LogP) is 4.17. The molecule has 0 heterocycles. The molecule has 2 aliphatic rings. The van der Waals surface area contributed by atoms with Gasteiger partial charge >= 0.3 is 0 Å². The lowest BCUT2D eigenvalue weighted by atomic mass is 9.78. The highest BCUT2D eigenvalue weighted by molar-refractivity contribution is 6.30. The van der Waals surface area contributed by atoms with Crippen LogP contribution in [0.3, 0.4) is 0 Å². The molecule has 164 valence electrons. The standard InChI is InChI=1S/C25H29ClN2O3/c26-20-5-3-4-19(16-20)25(13-1-2-14-25)24(30)27-15-12-18-6-10-22(11-7-18)31-17-23(29)28-21-8-9-21/h3-7,10-11,16,21H,1-2,8-9,12-15,17H2,(H,27,30)(H,28,29). The number of benzene rings is 2. The second-order valence-electron chi connectivity index (χ2n) is 8.58. The van der Waals surface area contributed by atoms with Crippen LogP contribution < -0.4 is 15.4 Å². The smallest absolute Gasteiger partial charge is 0.258 e. The number of nitrogens with one attached hydrogen (secondary N) is 2. The van der Waals surface area contributed by atoms with E-state index in [9.17, 15) is 9.59 Å². The summed E-state index contributed by atoms with van der Waals surface area (Å²) in [6, 6.07) is 15.7. The minimum atomic E-state index is -0.469. The summed E-state index contributed by atoms with van der Waals surface area (Å²) in [5.41, 5.74) is 1.66. The SMILES string of the molecule is O=C(COc1ccc(CCNC(=O)C2(c3cccc(Cl)c3)CCCC2)cc1)NC1CC1. The maximum absolute atomic E-state index is 13.1. The van der Waals surface area contributed by atoms with Crippen molar-refractivity contribution in [3.8, 4) is 5.75 Å². The van der Waals surface area contributed by atoms with E-state index < -0.39 is 5.41 Å². The lowest BCUT2D eigenvalue weighted by Crippen LogP contribution is -2.43. The summed E-state index contributed by atoms with van der Waals surface area (Å²) in [6.45, 7) is 0.614. The van der Waals surface area contributed by atoms with Crippen molar-refractivity contribution in [1.29, 1.82) is 0 Å². The Morgan fingerprint density at radius 2 is 1.81 bits per heavy atom. The molecular weight excluding hydrogens is 412 g/mol. The zero-order valence-corrected chi connectivity index (χ0v) is 18.4. The highest BCUT2D eigenvalue weighted by Gasteiger charge is 2.42. The second kappa shape index (κ2) is 9.73. The van der Waals surface area contributed by atoms with Crippen LogP contribution in [0.5, 0.6) is 5.75 Å². The maximum atomic E-state index is 13.1. The van der Waals surface area contributed by atoms with Crippen molar-refractivity contribution < 1.29 is 14.3 Å². The van der Waals surface area contributed by atoms with Crippen LogP contribution in [0.15, 0.2) is 48.5 Å². The molecule has 2 aromatic carbocycles. The summed E-state index contributed by atoms with van der Waals surface area (Å²) >= 11 is 6.19. The van der Waals surface area contributed by atoms with E-state index in [4.69, 9.17) is 16.3 Å². The highest BCUT2D eigenvalue weighted by Crippen LogP contribution is 2.42. The number of ether oxygens (including phenoxy) is 1. The molecule has 2 aliphatic carbocycles. The Hall–Kier alpha value is -2.53. The first-order chi connectivity index (χ1) is 15.0. The number of amides is 2. The zero-order valence-electron chi connectivity index (χ0n) is 17.7. The number of carbonyl (C=O) groups excluding carboxylic acids is 2. The van der Waals surface area contributed by atoms with E-state index in [1.165, 1.54) is 0 Å². The van der Waals surface area contributed by atoms with Gasteiger partial charge < -0.3 is 15.4 Å². The molecule has 2 saturated carbocycles. The van der Waals surface area contributed by atoms with Crippen LogP contribution in [-0.2, 0) is 21.4 Å². The molecule has 31 heavy (non-hydrogen) atoms. The molecule has 2 N–H and O–H groups in total. The van der Waals surface area contributed by atoms with Gasteiger partial charge in [-0.05, 0) is 67.5 Å². The van der Waals surface area contributed by atoms with E-state index in [-0.39, 0.29) is 18.4 Å². The highest BCUT2D eigenvalue weighted by atomic mass is 35.5. The average Bonchev–Trinajstić information content (AvgIpc) is 3.44. The fraction of sp³-hybridized carbons (Fsp3) is 0.440. The van der Waals surface area contributed by atoms with Crippen LogP contribution in [0.25, 0.3) is 0 Å². The Kier molecular flexibility index (Phi) is 6.81. The first kappa shape index (κ1) is 21.7. The fourth-order valence-corrected chi connectivity index (χ4v) is 4.49. The predicted molar refractivity (Wildman–Crippen MR) is 121 cm³/mol. The molecular formula is C25H29ClN2O3. The van der Waals surface area contributed by atoms with E-state index in [0.29, 0.717) is 23.4 Å². The molecule has 0 spiro atoms. The third kappa shape index (κ3) is 5.59. The third-order valence-electron chi connectivity index (χ3n) is 6.20. The van der Waals surface area contributed by atoms with Crippen molar-refractivity contribution in [3.05, 3.63) is 64.7 Å². The van der Waals surface area contributed by atoms with Gasteiger partial charge in [-0.2, -0.15) is 0 Å². The largest absolute Gasteiger partial charge is 0.484 e. The minimum absolute atomic E-state index is 0.0392. The molecule has 0 radical (unpaired) electrons. The van der Waals surface area contributed by atoms with Crippen LogP contribution in [0.2, 0.25) is 5.02 Å². The molecule has 0 unspecified atom stereocenters. The van der Waals surface area contributed by atoms with Gasteiger partial charge in [0, 0.05) is 17.6 Å². The first-order valence-electron chi connectivity index (χ1n) is 11.1. The zero-order chi connectivity index (χ0) is 21.7. The summed E-state index contributed by atoms with van der Waals surface area (Å²) in [6.07, 6.45) is 6.70. The topological polar surface area (TPSA) is 67.4 Å². The fourth-order valence-electron chi connectivity index (χ4n) is 4.30. The lowest BCUT2D eigenvalue weighted by molar-refractivity contribution is -0.126. The quantitative estimate of drug-likeness (QED) is 0.615. The van der Waals surface area contributed by atoms with Gasteiger partial charge in [0.25, 0.3) is 5.91 Å². The number of carbonyl (C=O) groups is 2. The summed E-state index contributed by atoms with van der Waals surface area (Å²) in [4.78, 5) is 24.9. The van der Waals surface area contributed by atoms with Crippen molar-refractivity contribution in [2.75, 3.05) is 13.2 Å². The molecule has 0 aliphatic heterocycles. The minimum Gasteiger partial charge on any atom is -0.484 e. The van der Waals surface area contributed by atoms with Gasteiger partial charge in [0.05, 0.1) is 5.41 Å². The number of halogens is 1. The van der Waals surface area contributed by atoms with Gasteiger partial charge in [-0.15, -0.1) is 0 Å². The van der Waals surface area contributed by atoms with E-state index in [2.05, 4.69) is 10.6 Å². The molecule has 0 bridgehead atoms. The Labute approximate surface area is 188 Å². The van der Waals surface area contributed by atoms with E-state index in [1.54, 1.807) is 0 Å². The van der Waals surface area contributed by atoms with E-state index >= 15 is 0 Å². The van der Waals surface area contributed by atoms with Crippen LogP contribution in [0.4, 0.5) is 0 Å². The first-order valence-corrected chi connectivity index (χ1v) is 11.5. The van der Waals surface area contributed by atoms with Crippen LogP contribution >= 0.6 is 11.6 Å². The second-order valence-corrected chi connectivity index (χ2v) is 9.02. The molecule has 0 aromatic heterocycles. The Balaban J connectivity index is 1.27. The summed E-state index contributed by atoms with van der Waals surface area (Å²) in [5, 5.41) is 6.72. The molecule has 2 aromatic rings. The molecule has 2 amide bonds. The van der Waals surface area contributed by atoms with Gasteiger partial charge in [0.2, 0.25) is 5.91 Å². The van der Waals surface area contributed by atoms with Gasteiger partial charge in [-0.1, -0.05) is 48.7 Å². The Morgan fingerprint density at radius 3 is 2.48 bits per heavy atom. The van der Waals surface area contributed by atoms with Gasteiger partial charge in [-0.3, -0.25) is 9.59 Å². The van der Waals surface area contributed by atoms with Crippen molar-refractivity contribution in [2.24, 2.45) is 0 Å². The summed E-state index contributed by atoms with van der Waals surface area (Å²) in [5.74, 6) is 0.688. The monoisotopic (exact) mass is 440 g/mol. The Morgan fingerprint density at radius 1 is 1.06 bits per heavy atom. The average molecular weight is 441 g/mol. The third-order valence-corrected chi connectivity index (χ3v) is 6.44. The van der Waals surface area contributed by atoms with E-state index in [1.807, 2.05) is 48.5 Å². The number of rotatable bonds is 9. The van der Waals surface area contributed by atoms with Crippen molar-refractivity contribution in [2.45, 2.75) is 56.4 Å². The van der Waals surface area contributed by atoms with Crippen molar-refractivity contribution in [3.63, 3.8) is 0 Å². The van der Waals surface area contributed by atoms with Crippen LogP contribution in [-0.4, -0.2) is 31.0 Å². The maximum Gasteiger partial charge on any atom is 0.258 e. The summed E-state index contributed by atoms with van der Waals surface area (Å²) in [7, 11) is 0. The van der Waals surface area contributed by atoms with E-state index in [0.717, 1.165) is 56.1 Å². The van der Waals surface area contributed by atoms with Gasteiger partial charge in [-0.25, -0.2) is 0 Å². The molecule has 2 fully saturated rings.